The van der Waals surface area contributed by atoms with E-state index in [0.29, 0.717) is 19.7 Å². The van der Waals surface area contributed by atoms with Gasteiger partial charge in [0.05, 0.1) is 20.3 Å². The molecule has 5 heteroatoms. The topological polar surface area (TPSA) is 54.9 Å². The number of methoxy groups -OCH3 is 2. The molecule has 0 amide bonds. The van der Waals surface area contributed by atoms with Crippen molar-refractivity contribution in [2.45, 2.75) is 26.6 Å². The summed E-state index contributed by atoms with van der Waals surface area (Å²) in [5.74, 6) is 1.66. The molecule has 0 aliphatic heterocycles. The maximum absolute atomic E-state index is 5.18. The normalized spacial score (nSPS) is 11.2. The standard InChI is InChI=1S/C20H27N3O2/c1-4-21-20(22-13-16-8-10-19(25-3)11-9-16)23-14-17-6-5-7-18(12-17)15-24-2/h5-12H,4,13-15H2,1-3H3,(H2,21,22,23). The lowest BCUT2D eigenvalue weighted by Crippen LogP contribution is -2.36. The van der Waals surface area contributed by atoms with Crippen LogP contribution in [0.1, 0.15) is 23.6 Å². The summed E-state index contributed by atoms with van der Waals surface area (Å²) >= 11 is 0. The van der Waals surface area contributed by atoms with Gasteiger partial charge in [-0.2, -0.15) is 0 Å². The molecular formula is C20H27N3O2. The third kappa shape index (κ3) is 6.47. The Morgan fingerprint density at radius 1 is 0.960 bits per heavy atom. The molecule has 0 radical (unpaired) electrons. The van der Waals surface area contributed by atoms with Crippen LogP contribution in [0, 0.1) is 0 Å². The van der Waals surface area contributed by atoms with Gasteiger partial charge in [-0.3, -0.25) is 0 Å². The van der Waals surface area contributed by atoms with Gasteiger partial charge >= 0.3 is 0 Å². The van der Waals surface area contributed by atoms with Crippen LogP contribution < -0.4 is 15.4 Å². The summed E-state index contributed by atoms with van der Waals surface area (Å²) < 4.78 is 10.4. The molecule has 0 aromatic heterocycles. The van der Waals surface area contributed by atoms with E-state index in [1.807, 2.05) is 30.3 Å². The van der Waals surface area contributed by atoms with Crippen molar-refractivity contribution in [1.29, 1.82) is 0 Å². The van der Waals surface area contributed by atoms with Crippen LogP contribution in [0.15, 0.2) is 53.5 Å². The monoisotopic (exact) mass is 341 g/mol. The third-order valence-electron chi connectivity index (χ3n) is 3.69. The molecule has 2 aromatic carbocycles. The summed E-state index contributed by atoms with van der Waals surface area (Å²) in [6.07, 6.45) is 0. The molecule has 0 aliphatic rings. The van der Waals surface area contributed by atoms with Gasteiger partial charge in [0.25, 0.3) is 0 Å². The number of hydrogen-bond donors (Lipinski definition) is 2. The van der Waals surface area contributed by atoms with Crippen LogP contribution >= 0.6 is 0 Å². The highest BCUT2D eigenvalue weighted by atomic mass is 16.5. The molecule has 0 aliphatic carbocycles. The molecule has 0 saturated heterocycles. The summed E-state index contributed by atoms with van der Waals surface area (Å²) in [6, 6.07) is 16.3. The van der Waals surface area contributed by atoms with E-state index in [2.05, 4.69) is 40.7 Å². The van der Waals surface area contributed by atoms with Gasteiger partial charge in [0.1, 0.15) is 5.75 Å². The van der Waals surface area contributed by atoms with Crippen LogP contribution in [-0.4, -0.2) is 26.7 Å². The molecule has 25 heavy (non-hydrogen) atoms. The third-order valence-corrected chi connectivity index (χ3v) is 3.69. The summed E-state index contributed by atoms with van der Waals surface area (Å²) in [6.45, 7) is 4.82. The van der Waals surface area contributed by atoms with Crippen LogP contribution in [0.5, 0.6) is 5.75 Å². The van der Waals surface area contributed by atoms with Crippen molar-refractivity contribution >= 4 is 5.96 Å². The predicted octanol–water partition coefficient (Wildman–Crippen LogP) is 3.10. The minimum absolute atomic E-state index is 0.618. The fourth-order valence-corrected chi connectivity index (χ4v) is 2.43. The van der Waals surface area contributed by atoms with Gasteiger partial charge in [-0.15, -0.1) is 0 Å². The van der Waals surface area contributed by atoms with Crippen molar-refractivity contribution in [3.8, 4) is 5.75 Å². The summed E-state index contributed by atoms with van der Waals surface area (Å²) in [7, 11) is 3.38. The Bertz CT molecular complexity index is 669. The van der Waals surface area contributed by atoms with E-state index in [1.54, 1.807) is 14.2 Å². The van der Waals surface area contributed by atoms with Gasteiger partial charge in [-0.1, -0.05) is 36.4 Å². The van der Waals surface area contributed by atoms with Crippen molar-refractivity contribution in [3.05, 3.63) is 65.2 Å². The van der Waals surface area contributed by atoms with Crippen molar-refractivity contribution < 1.29 is 9.47 Å². The molecule has 0 atom stereocenters. The van der Waals surface area contributed by atoms with E-state index in [1.165, 1.54) is 5.56 Å². The number of benzene rings is 2. The molecule has 134 valence electrons. The molecule has 0 spiro atoms. The van der Waals surface area contributed by atoms with Crippen LogP contribution in [0.2, 0.25) is 0 Å². The van der Waals surface area contributed by atoms with E-state index in [4.69, 9.17) is 9.47 Å². The number of nitrogens with one attached hydrogen (secondary N) is 2. The Morgan fingerprint density at radius 3 is 2.40 bits per heavy atom. The highest BCUT2D eigenvalue weighted by Crippen LogP contribution is 2.11. The maximum Gasteiger partial charge on any atom is 0.191 e. The lowest BCUT2D eigenvalue weighted by molar-refractivity contribution is 0.185. The summed E-state index contributed by atoms with van der Waals surface area (Å²) in [5, 5.41) is 6.63. The molecule has 0 unspecified atom stereocenters. The van der Waals surface area contributed by atoms with Crippen molar-refractivity contribution in [2.24, 2.45) is 4.99 Å². The lowest BCUT2D eigenvalue weighted by atomic mass is 10.1. The number of nitrogens with zero attached hydrogens (tertiary/aromatic N) is 1. The van der Waals surface area contributed by atoms with E-state index in [-0.39, 0.29) is 0 Å². The predicted molar refractivity (Wildman–Crippen MR) is 102 cm³/mol. The van der Waals surface area contributed by atoms with Crippen molar-refractivity contribution in [2.75, 3.05) is 20.8 Å². The molecule has 2 N–H and O–H groups in total. The first kappa shape index (κ1) is 18.8. The Morgan fingerprint density at radius 2 is 1.72 bits per heavy atom. The zero-order valence-corrected chi connectivity index (χ0v) is 15.2. The molecule has 0 heterocycles. The first-order chi connectivity index (χ1) is 12.2. The highest BCUT2D eigenvalue weighted by Gasteiger charge is 2.00. The van der Waals surface area contributed by atoms with Gasteiger partial charge < -0.3 is 20.1 Å². The quantitative estimate of drug-likeness (QED) is 0.572. The minimum atomic E-state index is 0.618. The fraction of sp³-hybridized carbons (Fsp3) is 0.350. The van der Waals surface area contributed by atoms with E-state index in [9.17, 15) is 0 Å². The van der Waals surface area contributed by atoms with Crippen LogP contribution in [-0.2, 0) is 24.4 Å². The Balaban J connectivity index is 1.96. The van der Waals surface area contributed by atoms with E-state index in [0.717, 1.165) is 29.4 Å². The molecule has 0 saturated carbocycles. The second-order valence-electron chi connectivity index (χ2n) is 5.65. The summed E-state index contributed by atoms with van der Waals surface area (Å²) in [5.41, 5.74) is 3.50. The largest absolute Gasteiger partial charge is 0.497 e. The van der Waals surface area contributed by atoms with Gasteiger partial charge in [0.15, 0.2) is 5.96 Å². The summed E-state index contributed by atoms with van der Waals surface area (Å²) in [4.78, 5) is 4.66. The second-order valence-corrected chi connectivity index (χ2v) is 5.65. The number of guanidine groups is 1. The molecule has 5 nitrogen and oxygen atoms in total. The van der Waals surface area contributed by atoms with Gasteiger partial charge in [0.2, 0.25) is 0 Å². The highest BCUT2D eigenvalue weighted by molar-refractivity contribution is 5.79. The number of aliphatic imine (C=N–C) groups is 1. The Kier molecular flexibility index (Phi) is 7.79. The zero-order chi connectivity index (χ0) is 17.9. The zero-order valence-electron chi connectivity index (χ0n) is 15.2. The van der Waals surface area contributed by atoms with Gasteiger partial charge in [-0.05, 0) is 35.7 Å². The van der Waals surface area contributed by atoms with Gasteiger partial charge in [-0.25, -0.2) is 4.99 Å². The SMILES string of the molecule is CCNC(=NCc1cccc(COC)c1)NCc1ccc(OC)cc1. The van der Waals surface area contributed by atoms with Gasteiger partial charge in [0, 0.05) is 20.2 Å². The average Bonchev–Trinajstić information content (AvgIpc) is 2.65. The lowest BCUT2D eigenvalue weighted by Gasteiger charge is -2.12. The van der Waals surface area contributed by atoms with Crippen molar-refractivity contribution in [3.63, 3.8) is 0 Å². The first-order valence-electron chi connectivity index (χ1n) is 8.47. The fourth-order valence-electron chi connectivity index (χ4n) is 2.43. The Hall–Kier alpha value is -2.53. The molecule has 0 bridgehead atoms. The second kappa shape index (κ2) is 10.4. The first-order valence-corrected chi connectivity index (χ1v) is 8.47. The van der Waals surface area contributed by atoms with Crippen LogP contribution in [0.25, 0.3) is 0 Å². The maximum atomic E-state index is 5.18. The number of ether oxygens (including phenoxy) is 2. The Labute approximate surface area is 150 Å². The average molecular weight is 341 g/mol. The molecule has 0 fully saturated rings. The molecule has 2 rings (SSSR count). The molecular weight excluding hydrogens is 314 g/mol. The van der Waals surface area contributed by atoms with E-state index < -0.39 is 0 Å². The minimum Gasteiger partial charge on any atom is -0.497 e. The van der Waals surface area contributed by atoms with Crippen molar-refractivity contribution in [1.82, 2.24) is 10.6 Å². The number of rotatable bonds is 8. The smallest absolute Gasteiger partial charge is 0.191 e. The molecule has 2 aromatic rings. The van der Waals surface area contributed by atoms with E-state index >= 15 is 0 Å². The van der Waals surface area contributed by atoms with Crippen LogP contribution in [0.4, 0.5) is 0 Å². The van der Waals surface area contributed by atoms with Crippen LogP contribution in [0.3, 0.4) is 0 Å². The number of hydrogen-bond acceptors (Lipinski definition) is 3.